The number of halogens is 2. The molecular formula is C19H17Cl2N3O3. The Morgan fingerprint density at radius 2 is 1.85 bits per heavy atom. The lowest BCUT2D eigenvalue weighted by Crippen LogP contribution is -2.43. The van der Waals surface area contributed by atoms with Gasteiger partial charge in [0.2, 0.25) is 0 Å². The highest BCUT2D eigenvalue weighted by atomic mass is 35.5. The van der Waals surface area contributed by atoms with Crippen LogP contribution >= 0.6 is 23.2 Å². The van der Waals surface area contributed by atoms with Crippen LogP contribution in [0, 0.1) is 0 Å². The van der Waals surface area contributed by atoms with Crippen LogP contribution in [0.3, 0.4) is 0 Å². The van der Waals surface area contributed by atoms with Gasteiger partial charge >= 0.3 is 5.97 Å². The number of rotatable bonds is 3. The molecule has 1 fully saturated rings. The highest BCUT2D eigenvalue weighted by molar-refractivity contribution is 6.46. The fourth-order valence-electron chi connectivity index (χ4n) is 3.38. The van der Waals surface area contributed by atoms with Crippen molar-refractivity contribution in [1.82, 2.24) is 9.63 Å². The lowest BCUT2D eigenvalue weighted by atomic mass is 10.2. The predicted molar refractivity (Wildman–Crippen MR) is 106 cm³/mol. The van der Waals surface area contributed by atoms with Crippen LogP contribution in [0.5, 0.6) is 0 Å². The number of anilines is 1. The molecule has 6 nitrogen and oxygen atoms in total. The maximum atomic E-state index is 12.3. The Hall–Kier alpha value is -2.25. The van der Waals surface area contributed by atoms with Gasteiger partial charge < -0.3 is 14.6 Å². The van der Waals surface area contributed by atoms with Crippen molar-refractivity contribution in [3.8, 4) is 5.69 Å². The van der Waals surface area contributed by atoms with Crippen molar-refractivity contribution in [2.75, 3.05) is 31.8 Å². The summed E-state index contributed by atoms with van der Waals surface area (Å²) in [5.74, 6) is -1.05. The standard InChI is InChI=1S/C19H17Cl2N3O3/c1-22-9-10-23(11-27-22)17-15-14(8-7-13(20)16(15)21)24(18(17)19(25)26)12-5-3-2-4-6-12/h2-8H,9-11H2,1H3,(H,25,26). The first kappa shape index (κ1) is 18.1. The molecule has 4 rings (SSSR count). The van der Waals surface area contributed by atoms with Gasteiger partial charge in [0.1, 0.15) is 6.73 Å². The summed E-state index contributed by atoms with van der Waals surface area (Å²) < 4.78 is 1.70. The molecule has 0 unspecified atom stereocenters. The first-order valence-corrected chi connectivity index (χ1v) is 9.14. The van der Waals surface area contributed by atoms with E-state index in [0.29, 0.717) is 39.7 Å². The summed E-state index contributed by atoms with van der Waals surface area (Å²) in [6, 6.07) is 12.8. The van der Waals surface area contributed by atoms with E-state index < -0.39 is 5.97 Å². The number of aromatic carboxylic acids is 1. The molecule has 0 aliphatic carbocycles. The number of hydrogen-bond acceptors (Lipinski definition) is 4. The van der Waals surface area contributed by atoms with Crippen molar-refractivity contribution in [2.24, 2.45) is 0 Å². The zero-order chi connectivity index (χ0) is 19.1. The van der Waals surface area contributed by atoms with E-state index >= 15 is 0 Å². The molecule has 2 aromatic carbocycles. The van der Waals surface area contributed by atoms with Gasteiger partial charge in [-0.15, -0.1) is 0 Å². The lowest BCUT2D eigenvalue weighted by Gasteiger charge is -2.33. The van der Waals surface area contributed by atoms with Gasteiger partial charge in [0.25, 0.3) is 0 Å². The van der Waals surface area contributed by atoms with Crippen LogP contribution in [0.1, 0.15) is 10.5 Å². The van der Waals surface area contributed by atoms with Crippen LogP contribution in [0.4, 0.5) is 5.69 Å². The smallest absolute Gasteiger partial charge is 0.355 e. The summed E-state index contributed by atoms with van der Waals surface area (Å²) in [6.07, 6.45) is 0. The molecule has 140 valence electrons. The minimum atomic E-state index is -1.05. The van der Waals surface area contributed by atoms with Gasteiger partial charge in [-0.05, 0) is 24.3 Å². The highest BCUT2D eigenvalue weighted by Gasteiger charge is 2.30. The molecule has 0 amide bonds. The van der Waals surface area contributed by atoms with Gasteiger partial charge in [-0.25, -0.2) is 4.79 Å². The van der Waals surface area contributed by atoms with Crippen LogP contribution in [-0.2, 0) is 4.84 Å². The van der Waals surface area contributed by atoms with E-state index in [9.17, 15) is 9.90 Å². The van der Waals surface area contributed by atoms with E-state index in [2.05, 4.69) is 0 Å². The molecule has 0 radical (unpaired) electrons. The first-order chi connectivity index (χ1) is 13.0. The van der Waals surface area contributed by atoms with E-state index in [1.807, 2.05) is 42.3 Å². The maximum absolute atomic E-state index is 12.3. The molecule has 0 spiro atoms. The maximum Gasteiger partial charge on any atom is 0.355 e. The zero-order valence-corrected chi connectivity index (χ0v) is 16.0. The quantitative estimate of drug-likeness (QED) is 0.704. The average molecular weight is 406 g/mol. The second-order valence-corrected chi connectivity index (χ2v) is 7.09. The van der Waals surface area contributed by atoms with E-state index in [1.54, 1.807) is 21.8 Å². The molecule has 1 aliphatic rings. The molecule has 3 aromatic rings. The molecule has 8 heteroatoms. The average Bonchev–Trinajstić information content (AvgIpc) is 3.02. The fourth-order valence-corrected chi connectivity index (χ4v) is 3.79. The molecule has 1 N–H and O–H groups in total. The van der Waals surface area contributed by atoms with Crippen LogP contribution < -0.4 is 4.90 Å². The van der Waals surface area contributed by atoms with Crippen molar-refractivity contribution in [3.63, 3.8) is 0 Å². The largest absolute Gasteiger partial charge is 0.476 e. The van der Waals surface area contributed by atoms with Crippen LogP contribution in [0.15, 0.2) is 42.5 Å². The molecular weight excluding hydrogens is 389 g/mol. The predicted octanol–water partition coefficient (Wildman–Crippen LogP) is 4.28. The second kappa shape index (κ2) is 7.05. The third-order valence-corrected chi connectivity index (χ3v) is 5.45. The van der Waals surface area contributed by atoms with E-state index in [1.165, 1.54) is 0 Å². The zero-order valence-electron chi connectivity index (χ0n) is 14.5. The van der Waals surface area contributed by atoms with Crippen molar-refractivity contribution in [2.45, 2.75) is 0 Å². The number of aromatic nitrogens is 1. The molecule has 1 aromatic heterocycles. The first-order valence-electron chi connectivity index (χ1n) is 8.39. The normalized spacial score (nSPS) is 15.4. The Bertz CT molecular complexity index is 1010. The second-order valence-electron chi connectivity index (χ2n) is 6.30. The van der Waals surface area contributed by atoms with E-state index in [0.717, 1.165) is 5.69 Å². The highest BCUT2D eigenvalue weighted by Crippen LogP contribution is 2.43. The summed E-state index contributed by atoms with van der Waals surface area (Å²) in [4.78, 5) is 19.8. The van der Waals surface area contributed by atoms with Gasteiger partial charge in [0.15, 0.2) is 5.69 Å². The van der Waals surface area contributed by atoms with Crippen molar-refractivity contribution >= 4 is 45.8 Å². The van der Waals surface area contributed by atoms with E-state index in [4.69, 9.17) is 28.0 Å². The van der Waals surface area contributed by atoms with Crippen LogP contribution in [-0.4, -0.2) is 47.6 Å². The molecule has 2 heterocycles. The van der Waals surface area contributed by atoms with Gasteiger partial charge in [0.05, 0.1) is 21.2 Å². The number of benzene rings is 2. The lowest BCUT2D eigenvalue weighted by molar-refractivity contribution is -0.154. The molecule has 27 heavy (non-hydrogen) atoms. The number of hydroxylamine groups is 2. The molecule has 0 atom stereocenters. The SMILES string of the molecule is CN1CCN(c2c(C(=O)O)n(-c3ccccc3)c3ccc(Cl)c(Cl)c23)CO1. The summed E-state index contributed by atoms with van der Waals surface area (Å²) in [6.45, 7) is 1.47. The van der Waals surface area contributed by atoms with Crippen LogP contribution in [0.25, 0.3) is 16.6 Å². The number of para-hydroxylation sites is 1. The molecule has 0 bridgehead atoms. The monoisotopic (exact) mass is 405 g/mol. The Labute approximate surface area is 166 Å². The number of carbonyl (C=O) groups is 1. The number of likely N-dealkylation sites (N-methyl/N-ethyl adjacent to an activating group) is 1. The third-order valence-electron chi connectivity index (χ3n) is 4.65. The summed E-state index contributed by atoms with van der Waals surface area (Å²) in [5.41, 5.74) is 2.07. The number of hydrogen-bond donors (Lipinski definition) is 1. The molecule has 0 saturated carbocycles. The summed E-state index contributed by atoms with van der Waals surface area (Å²) in [5, 5.41) is 13.1. The van der Waals surface area contributed by atoms with Gasteiger partial charge in [-0.3, -0.25) is 4.84 Å². The van der Waals surface area contributed by atoms with Gasteiger partial charge in [-0.2, -0.15) is 5.06 Å². The number of fused-ring (bicyclic) bond motifs is 1. The Morgan fingerprint density at radius 1 is 1.11 bits per heavy atom. The minimum Gasteiger partial charge on any atom is -0.476 e. The van der Waals surface area contributed by atoms with Crippen molar-refractivity contribution in [1.29, 1.82) is 0 Å². The van der Waals surface area contributed by atoms with Gasteiger partial charge in [0, 0.05) is 31.2 Å². The van der Waals surface area contributed by atoms with Crippen molar-refractivity contribution < 1.29 is 14.7 Å². The van der Waals surface area contributed by atoms with Crippen molar-refractivity contribution in [3.05, 3.63) is 58.2 Å². The van der Waals surface area contributed by atoms with Crippen LogP contribution in [0.2, 0.25) is 10.0 Å². The summed E-state index contributed by atoms with van der Waals surface area (Å²) in [7, 11) is 1.84. The summed E-state index contributed by atoms with van der Waals surface area (Å²) >= 11 is 12.8. The molecule has 1 saturated heterocycles. The minimum absolute atomic E-state index is 0.133. The Balaban J connectivity index is 2.07. The number of carboxylic acids is 1. The van der Waals surface area contributed by atoms with E-state index in [-0.39, 0.29) is 12.4 Å². The number of nitrogens with zero attached hydrogens (tertiary/aromatic N) is 3. The fraction of sp³-hybridized carbons (Fsp3) is 0.211. The Kier molecular flexibility index (Phi) is 4.74. The topological polar surface area (TPSA) is 57.9 Å². The molecule has 1 aliphatic heterocycles. The Morgan fingerprint density at radius 3 is 2.48 bits per heavy atom. The third kappa shape index (κ3) is 3.04. The number of carboxylic acid groups (broad SMARTS) is 1. The van der Waals surface area contributed by atoms with Gasteiger partial charge in [-0.1, -0.05) is 41.4 Å².